The summed E-state index contributed by atoms with van der Waals surface area (Å²) < 4.78 is 0. The van der Waals surface area contributed by atoms with Crippen LogP contribution in [-0.4, -0.2) is 5.75 Å². The molecule has 0 fully saturated rings. The lowest BCUT2D eigenvalue weighted by Gasteiger charge is -2.10. The maximum absolute atomic E-state index is 6.00. The van der Waals surface area contributed by atoms with Gasteiger partial charge in [-0.05, 0) is 0 Å². The van der Waals surface area contributed by atoms with Crippen molar-refractivity contribution in [3.63, 3.8) is 0 Å². The maximum Gasteiger partial charge on any atom is 0.0809 e. The third-order valence-electron chi connectivity index (χ3n) is 1.52. The summed E-state index contributed by atoms with van der Waals surface area (Å²) >= 11 is 31.0. The van der Waals surface area contributed by atoms with E-state index in [0.29, 0.717) is 20.7 Å². The van der Waals surface area contributed by atoms with Crippen molar-refractivity contribution in [2.75, 3.05) is 5.75 Å². The molecule has 82 valence electrons. The van der Waals surface area contributed by atoms with Gasteiger partial charge in [0.25, 0.3) is 0 Å². The topological polar surface area (TPSA) is 0 Å². The van der Waals surface area contributed by atoms with Crippen LogP contribution in [0.25, 0.3) is 0 Å². The highest BCUT2D eigenvalue weighted by Crippen LogP contribution is 2.47. The van der Waals surface area contributed by atoms with Gasteiger partial charge in [0.05, 0.1) is 25.1 Å². The highest BCUT2D eigenvalue weighted by molar-refractivity contribution is 7.99. The van der Waals surface area contributed by atoms with Crippen molar-refractivity contribution in [3.8, 4) is 0 Å². The highest BCUT2D eigenvalue weighted by Gasteiger charge is 2.18. The van der Waals surface area contributed by atoms with Crippen LogP contribution in [0.4, 0.5) is 0 Å². The number of hydrogen-bond acceptors (Lipinski definition) is 1. The zero-order valence-corrected chi connectivity index (χ0v) is 11.9. The molecule has 0 N–H and O–H groups in total. The molecule has 0 spiro atoms. The molecular weight excluding hydrogens is 317 g/mol. The molecule has 0 heterocycles. The van der Waals surface area contributed by atoms with E-state index >= 15 is 0 Å². The van der Waals surface area contributed by atoms with Crippen molar-refractivity contribution >= 4 is 69.8 Å². The Hall–Kier alpha value is 0.760. The first-order valence-electron chi connectivity index (χ1n) is 3.75. The second-order valence-corrected chi connectivity index (χ2v) is 5.42. The molecule has 0 atom stereocenters. The number of rotatable bonds is 3. The lowest BCUT2D eigenvalue weighted by Crippen LogP contribution is -1.84. The largest absolute Gasteiger partial charge is 0.119 e. The molecule has 1 aromatic carbocycles. The molecule has 1 aromatic rings. The molecule has 0 nitrogen and oxygen atoms in total. The van der Waals surface area contributed by atoms with Crippen LogP contribution in [-0.2, 0) is 0 Å². The number of benzene rings is 1. The number of hydrogen-bond donors (Lipinski definition) is 0. The molecular formula is C9H5Cl5S. The van der Waals surface area contributed by atoms with Crippen LogP contribution in [0.5, 0.6) is 0 Å². The molecule has 0 unspecified atom stereocenters. The summed E-state index contributed by atoms with van der Waals surface area (Å²) in [6.45, 7) is 3.60. The van der Waals surface area contributed by atoms with E-state index in [1.807, 2.05) is 0 Å². The minimum absolute atomic E-state index is 0.177. The van der Waals surface area contributed by atoms with Crippen molar-refractivity contribution in [1.82, 2.24) is 0 Å². The predicted octanol–water partition coefficient (Wildman–Crippen LogP) is 6.23. The Kier molecular flexibility index (Phi) is 5.44. The fourth-order valence-electron chi connectivity index (χ4n) is 0.854. The van der Waals surface area contributed by atoms with Crippen LogP contribution in [0.1, 0.15) is 0 Å². The van der Waals surface area contributed by atoms with Crippen LogP contribution >= 0.6 is 69.8 Å². The predicted molar refractivity (Wildman–Crippen MR) is 72.4 cm³/mol. The lowest BCUT2D eigenvalue weighted by atomic mass is 10.3. The quantitative estimate of drug-likeness (QED) is 0.275. The molecule has 6 heteroatoms. The molecule has 0 aliphatic carbocycles. The molecule has 0 aromatic heterocycles. The lowest BCUT2D eigenvalue weighted by molar-refractivity contribution is 1.45. The Morgan fingerprint density at radius 2 is 1.27 bits per heavy atom. The number of halogens is 5. The van der Waals surface area contributed by atoms with Gasteiger partial charge in [0.1, 0.15) is 0 Å². The zero-order chi connectivity index (χ0) is 11.6. The highest BCUT2D eigenvalue weighted by atomic mass is 35.5. The summed E-state index contributed by atoms with van der Waals surface area (Å²) in [7, 11) is 0. The molecule has 0 bridgehead atoms. The van der Waals surface area contributed by atoms with Crippen LogP contribution in [0.3, 0.4) is 0 Å². The first-order chi connectivity index (χ1) is 7.00. The summed E-state index contributed by atoms with van der Waals surface area (Å²) in [4.78, 5) is 0.623. The van der Waals surface area contributed by atoms with E-state index in [-0.39, 0.29) is 15.1 Å². The van der Waals surface area contributed by atoms with Crippen LogP contribution < -0.4 is 0 Å². The second-order valence-electron chi connectivity index (χ2n) is 2.50. The van der Waals surface area contributed by atoms with Gasteiger partial charge in [-0.2, -0.15) is 0 Å². The van der Waals surface area contributed by atoms with Crippen LogP contribution in [0, 0.1) is 0 Å². The first-order valence-corrected chi connectivity index (χ1v) is 6.63. The van der Waals surface area contributed by atoms with Gasteiger partial charge >= 0.3 is 0 Å². The Balaban J connectivity index is 3.31. The van der Waals surface area contributed by atoms with Crippen LogP contribution in [0.2, 0.25) is 25.1 Å². The van der Waals surface area contributed by atoms with Crippen molar-refractivity contribution in [2.24, 2.45) is 0 Å². The summed E-state index contributed by atoms with van der Waals surface area (Å²) in [6.07, 6.45) is 1.73. The van der Waals surface area contributed by atoms with Gasteiger partial charge in [-0.15, -0.1) is 18.3 Å². The summed E-state index contributed by atoms with van der Waals surface area (Å²) in [5.74, 6) is 0.660. The normalized spacial score (nSPS) is 10.5. The molecule has 0 amide bonds. The van der Waals surface area contributed by atoms with E-state index in [0.717, 1.165) is 0 Å². The molecule has 0 aliphatic heterocycles. The van der Waals surface area contributed by atoms with E-state index in [2.05, 4.69) is 6.58 Å². The average molecular weight is 322 g/mol. The minimum Gasteiger partial charge on any atom is -0.119 e. The molecule has 1 rings (SSSR count). The van der Waals surface area contributed by atoms with E-state index in [9.17, 15) is 0 Å². The van der Waals surface area contributed by atoms with E-state index in [1.54, 1.807) is 6.08 Å². The first kappa shape index (κ1) is 13.8. The Morgan fingerprint density at radius 3 is 1.67 bits per heavy atom. The summed E-state index contributed by atoms with van der Waals surface area (Å²) in [5.41, 5.74) is 0. The Labute approximate surface area is 117 Å². The maximum atomic E-state index is 6.00. The molecule has 0 aliphatic rings. The van der Waals surface area contributed by atoms with Gasteiger partial charge in [0.2, 0.25) is 0 Å². The molecule has 15 heavy (non-hydrogen) atoms. The molecule has 0 saturated heterocycles. The third-order valence-corrected chi connectivity index (χ3v) is 5.12. The van der Waals surface area contributed by atoms with Crippen molar-refractivity contribution < 1.29 is 0 Å². The van der Waals surface area contributed by atoms with Gasteiger partial charge in [-0.3, -0.25) is 0 Å². The Morgan fingerprint density at radius 1 is 0.867 bits per heavy atom. The zero-order valence-electron chi connectivity index (χ0n) is 7.29. The standard InChI is InChI=1S/C9H5Cl5S/c1-2-3-15-9-7(13)5(11)4(10)6(12)8(9)14/h2H,1,3H2. The Bertz CT molecular complexity index is 373. The van der Waals surface area contributed by atoms with E-state index < -0.39 is 0 Å². The fourth-order valence-corrected chi connectivity index (χ4v) is 3.17. The SMILES string of the molecule is C=CCSc1c(Cl)c(Cl)c(Cl)c(Cl)c1Cl. The van der Waals surface area contributed by atoms with Gasteiger partial charge in [-0.1, -0.05) is 64.1 Å². The summed E-state index contributed by atoms with van der Waals surface area (Å²) in [6, 6.07) is 0. The second kappa shape index (κ2) is 5.90. The van der Waals surface area contributed by atoms with Crippen molar-refractivity contribution in [1.29, 1.82) is 0 Å². The smallest absolute Gasteiger partial charge is 0.0809 e. The van der Waals surface area contributed by atoms with Gasteiger partial charge in [0.15, 0.2) is 0 Å². The van der Waals surface area contributed by atoms with Gasteiger partial charge in [0, 0.05) is 10.6 Å². The fraction of sp³-hybridized carbons (Fsp3) is 0.111. The summed E-state index contributed by atoms with van der Waals surface area (Å²) in [5, 5.41) is 1.26. The monoisotopic (exact) mass is 320 g/mol. The number of thioether (sulfide) groups is 1. The van der Waals surface area contributed by atoms with Crippen molar-refractivity contribution in [2.45, 2.75) is 4.90 Å². The van der Waals surface area contributed by atoms with E-state index in [1.165, 1.54) is 11.8 Å². The molecule has 0 saturated carbocycles. The van der Waals surface area contributed by atoms with Gasteiger partial charge < -0.3 is 0 Å². The van der Waals surface area contributed by atoms with Crippen molar-refractivity contribution in [3.05, 3.63) is 37.8 Å². The van der Waals surface area contributed by atoms with Gasteiger partial charge in [-0.25, -0.2) is 0 Å². The average Bonchev–Trinajstić information content (AvgIpc) is 2.24. The van der Waals surface area contributed by atoms with E-state index in [4.69, 9.17) is 58.0 Å². The minimum atomic E-state index is 0.177. The third kappa shape index (κ3) is 2.91. The molecule has 0 radical (unpaired) electrons. The van der Waals surface area contributed by atoms with Crippen LogP contribution in [0.15, 0.2) is 17.6 Å².